The van der Waals surface area contributed by atoms with E-state index in [-0.39, 0.29) is 35.0 Å². The van der Waals surface area contributed by atoms with E-state index in [1.165, 1.54) is 64.7 Å². The maximum absolute atomic E-state index is 14.6. The van der Waals surface area contributed by atoms with Gasteiger partial charge in [0.05, 0.1) is 39.0 Å². The van der Waals surface area contributed by atoms with Crippen molar-refractivity contribution in [1.82, 2.24) is 10.2 Å². The van der Waals surface area contributed by atoms with Gasteiger partial charge in [-0.25, -0.2) is 8.42 Å². The zero-order chi connectivity index (χ0) is 34.8. The van der Waals surface area contributed by atoms with Gasteiger partial charge in [0.1, 0.15) is 24.1 Å². The number of anilines is 1. The van der Waals surface area contributed by atoms with Crippen LogP contribution in [-0.2, 0) is 32.6 Å². The number of benzene rings is 4. The highest BCUT2D eigenvalue weighted by Gasteiger charge is 2.36. The van der Waals surface area contributed by atoms with Gasteiger partial charge < -0.3 is 29.2 Å². The summed E-state index contributed by atoms with van der Waals surface area (Å²) < 4.78 is 51.7. The number of rotatable bonds is 15. The van der Waals surface area contributed by atoms with Crippen molar-refractivity contribution in [3.8, 4) is 23.0 Å². The summed E-state index contributed by atoms with van der Waals surface area (Å²) in [5.41, 5.74) is 1.54. The van der Waals surface area contributed by atoms with Crippen LogP contribution in [-0.4, -0.2) is 73.2 Å². The van der Waals surface area contributed by atoms with Crippen LogP contribution in [0.4, 0.5) is 5.69 Å². The lowest BCUT2D eigenvalue weighted by Gasteiger charge is -2.34. The summed E-state index contributed by atoms with van der Waals surface area (Å²) in [7, 11) is 2.65. The third kappa shape index (κ3) is 8.31. The lowest BCUT2D eigenvalue weighted by atomic mass is 10.0. The normalized spacial score (nSPS) is 11.6. The predicted octanol–water partition coefficient (Wildman–Crippen LogP) is 4.96. The number of amides is 2. The first-order valence-electron chi connectivity index (χ1n) is 14.8. The van der Waals surface area contributed by atoms with Crippen LogP contribution < -0.4 is 28.6 Å². The number of methoxy groups -OCH3 is 4. The zero-order valence-corrected chi connectivity index (χ0v) is 28.9. The van der Waals surface area contributed by atoms with Crippen LogP contribution in [0.2, 0.25) is 5.02 Å². The molecule has 13 heteroatoms. The fourth-order valence-corrected chi connectivity index (χ4v) is 6.67. The minimum Gasteiger partial charge on any atom is -0.497 e. The second-order valence-electron chi connectivity index (χ2n) is 10.5. The molecule has 254 valence electrons. The number of nitrogens with one attached hydrogen (secondary N) is 1. The van der Waals surface area contributed by atoms with Crippen LogP contribution in [0.15, 0.2) is 95.9 Å². The first kappa shape index (κ1) is 35.9. The van der Waals surface area contributed by atoms with E-state index in [1.807, 2.05) is 30.3 Å². The molecule has 0 bridgehead atoms. The average Bonchev–Trinajstić information content (AvgIpc) is 3.12. The molecule has 48 heavy (non-hydrogen) atoms. The molecule has 0 saturated carbocycles. The molecule has 0 saturated heterocycles. The molecule has 4 aromatic carbocycles. The lowest BCUT2D eigenvalue weighted by molar-refractivity contribution is -0.139. The van der Waals surface area contributed by atoms with Crippen molar-refractivity contribution in [2.24, 2.45) is 0 Å². The van der Waals surface area contributed by atoms with Gasteiger partial charge in [-0.1, -0.05) is 54.1 Å². The van der Waals surface area contributed by atoms with Crippen molar-refractivity contribution >= 4 is 39.1 Å². The van der Waals surface area contributed by atoms with Gasteiger partial charge in [0.25, 0.3) is 10.0 Å². The fraction of sp³-hybridized carbons (Fsp3) is 0.257. The van der Waals surface area contributed by atoms with Crippen LogP contribution in [0.1, 0.15) is 11.1 Å². The van der Waals surface area contributed by atoms with Crippen LogP contribution in [0.25, 0.3) is 0 Å². The van der Waals surface area contributed by atoms with E-state index in [1.54, 1.807) is 36.4 Å². The highest BCUT2D eigenvalue weighted by molar-refractivity contribution is 7.92. The SMILES string of the molecule is CNC(=O)[C@H](Cc1ccccc1)N(Cc1ccc(Cl)cc1)C(=O)CN(c1cc(OC)ccc1OC)S(=O)(=O)c1ccc(OC)c(OC)c1. The third-order valence-electron chi connectivity index (χ3n) is 7.66. The zero-order valence-electron chi connectivity index (χ0n) is 27.3. The molecule has 0 aliphatic heterocycles. The van der Waals surface area contributed by atoms with Gasteiger partial charge in [0, 0.05) is 37.2 Å². The van der Waals surface area contributed by atoms with Crippen molar-refractivity contribution < 1.29 is 37.0 Å². The third-order valence-corrected chi connectivity index (χ3v) is 9.67. The summed E-state index contributed by atoms with van der Waals surface area (Å²) in [6.45, 7) is -0.712. The average molecular weight is 696 g/mol. The second kappa shape index (κ2) is 16.2. The summed E-state index contributed by atoms with van der Waals surface area (Å²) in [6, 6.07) is 23.9. The molecule has 4 rings (SSSR count). The van der Waals surface area contributed by atoms with Gasteiger partial charge in [-0.15, -0.1) is 0 Å². The molecule has 0 aliphatic carbocycles. The fourth-order valence-electron chi connectivity index (χ4n) is 5.12. The number of nitrogens with zero attached hydrogens (tertiary/aromatic N) is 2. The number of hydrogen-bond donors (Lipinski definition) is 1. The van der Waals surface area contributed by atoms with E-state index < -0.39 is 34.4 Å². The largest absolute Gasteiger partial charge is 0.497 e. The van der Waals surface area contributed by atoms with Crippen LogP contribution in [0.3, 0.4) is 0 Å². The molecule has 4 aromatic rings. The van der Waals surface area contributed by atoms with Gasteiger partial charge >= 0.3 is 0 Å². The van der Waals surface area contributed by atoms with Crippen molar-refractivity contribution in [3.05, 3.63) is 107 Å². The Morgan fingerprint density at radius 3 is 2.02 bits per heavy atom. The molecule has 0 heterocycles. The predicted molar refractivity (Wildman–Crippen MR) is 184 cm³/mol. The highest BCUT2D eigenvalue weighted by Crippen LogP contribution is 2.38. The Balaban J connectivity index is 1.88. The van der Waals surface area contributed by atoms with Crippen LogP contribution >= 0.6 is 11.6 Å². The quantitative estimate of drug-likeness (QED) is 0.185. The van der Waals surface area contributed by atoms with Gasteiger partial charge in [-0.2, -0.15) is 0 Å². The van der Waals surface area contributed by atoms with Crippen molar-refractivity contribution in [1.29, 1.82) is 0 Å². The standard InChI is InChI=1S/C35H38ClN3O8S/c1-37-35(41)30(19-24-9-7-6-8-10-24)38(22-25-11-13-26(36)14-12-25)34(40)23-39(29-20-27(44-2)15-17-31(29)45-3)48(42,43)28-16-18-32(46-4)33(21-28)47-5/h6-18,20-21,30H,19,22-23H2,1-5H3,(H,37,41)/t30-/m0/s1. The van der Waals surface area contributed by atoms with E-state index in [0.717, 1.165) is 9.87 Å². The second-order valence-corrected chi connectivity index (χ2v) is 12.8. The van der Waals surface area contributed by atoms with Gasteiger partial charge in [-0.3, -0.25) is 13.9 Å². The number of carbonyl (C=O) groups excluding carboxylic acids is 2. The Hall–Kier alpha value is -4.94. The summed E-state index contributed by atoms with van der Waals surface area (Å²) in [5, 5.41) is 3.17. The van der Waals surface area contributed by atoms with E-state index in [0.29, 0.717) is 22.1 Å². The molecule has 11 nitrogen and oxygen atoms in total. The maximum atomic E-state index is 14.6. The van der Waals surface area contributed by atoms with E-state index >= 15 is 0 Å². The van der Waals surface area contributed by atoms with Crippen LogP contribution in [0.5, 0.6) is 23.0 Å². The number of likely N-dealkylation sites (N-methyl/N-ethyl adjacent to an activating group) is 1. The maximum Gasteiger partial charge on any atom is 0.265 e. The molecular weight excluding hydrogens is 658 g/mol. The topological polar surface area (TPSA) is 124 Å². The minimum absolute atomic E-state index is 0.0135. The number of carbonyl (C=O) groups is 2. The molecule has 0 unspecified atom stereocenters. The molecule has 0 aromatic heterocycles. The monoisotopic (exact) mass is 695 g/mol. The van der Waals surface area contributed by atoms with Gasteiger partial charge in [-0.05, 0) is 47.5 Å². The number of halogens is 1. The van der Waals surface area contributed by atoms with E-state index in [2.05, 4.69) is 5.32 Å². The van der Waals surface area contributed by atoms with E-state index in [9.17, 15) is 18.0 Å². The van der Waals surface area contributed by atoms with Crippen LogP contribution in [0, 0.1) is 0 Å². The number of ether oxygens (including phenoxy) is 4. The van der Waals surface area contributed by atoms with Crippen molar-refractivity contribution in [3.63, 3.8) is 0 Å². The summed E-state index contributed by atoms with van der Waals surface area (Å²) in [4.78, 5) is 29.3. The lowest BCUT2D eigenvalue weighted by Crippen LogP contribution is -2.53. The highest BCUT2D eigenvalue weighted by atomic mass is 35.5. The Morgan fingerprint density at radius 2 is 1.42 bits per heavy atom. The molecule has 0 fully saturated rings. The Labute approximate surface area is 286 Å². The minimum atomic E-state index is -4.49. The molecule has 2 amide bonds. The molecule has 0 spiro atoms. The molecule has 0 radical (unpaired) electrons. The first-order valence-corrected chi connectivity index (χ1v) is 16.6. The van der Waals surface area contributed by atoms with Gasteiger partial charge in [0.15, 0.2) is 11.5 Å². The summed E-state index contributed by atoms with van der Waals surface area (Å²) >= 11 is 6.14. The smallest absolute Gasteiger partial charge is 0.265 e. The van der Waals surface area contributed by atoms with E-state index in [4.69, 9.17) is 30.5 Å². The summed E-state index contributed by atoms with van der Waals surface area (Å²) in [6.07, 6.45) is 0.171. The molecule has 1 atom stereocenters. The molecule has 1 N–H and O–H groups in total. The number of sulfonamides is 1. The number of hydrogen-bond acceptors (Lipinski definition) is 8. The van der Waals surface area contributed by atoms with Gasteiger partial charge in [0.2, 0.25) is 11.8 Å². The van der Waals surface area contributed by atoms with Crippen molar-refractivity contribution in [2.75, 3.05) is 46.3 Å². The Morgan fingerprint density at radius 1 is 0.771 bits per heavy atom. The molecule has 0 aliphatic rings. The van der Waals surface area contributed by atoms with Crippen molar-refractivity contribution in [2.45, 2.75) is 23.9 Å². The first-order chi connectivity index (χ1) is 23.1. The molecular formula is C35H38ClN3O8S. The Bertz CT molecular complexity index is 1820. The Kier molecular flexibility index (Phi) is 12.2. The summed E-state index contributed by atoms with van der Waals surface area (Å²) in [5.74, 6) is -0.0751.